The molecule has 0 saturated carbocycles. The van der Waals surface area contributed by atoms with E-state index >= 15 is 0 Å². The van der Waals surface area contributed by atoms with Crippen molar-refractivity contribution in [3.63, 3.8) is 0 Å². The molecule has 4 heteroatoms. The Morgan fingerprint density at radius 3 is 2.89 bits per heavy atom. The highest BCUT2D eigenvalue weighted by Crippen LogP contribution is 2.31. The largest absolute Gasteiger partial charge is 0.436 e. The summed E-state index contributed by atoms with van der Waals surface area (Å²) in [6.07, 6.45) is 0. The van der Waals surface area contributed by atoms with E-state index in [0.29, 0.717) is 22.2 Å². The summed E-state index contributed by atoms with van der Waals surface area (Å²) in [7, 11) is 0. The average Bonchev–Trinajstić information content (AvgIpc) is 2.75. The van der Waals surface area contributed by atoms with Crippen LogP contribution in [0.3, 0.4) is 0 Å². The topological polar surface area (TPSA) is 52.0 Å². The number of fused-ring (bicyclic) bond motifs is 1. The number of hydrogen-bond acceptors (Lipinski definition) is 3. The van der Waals surface area contributed by atoms with Crippen molar-refractivity contribution < 1.29 is 4.42 Å². The number of nitrogen functional groups attached to an aromatic ring is 1. The first-order valence-electron chi connectivity index (χ1n) is 5.57. The Balaban J connectivity index is 2.22. The third-order valence-electron chi connectivity index (χ3n) is 2.91. The Hall–Kier alpha value is -2.00. The summed E-state index contributed by atoms with van der Waals surface area (Å²) in [5, 5.41) is 0.627. The summed E-state index contributed by atoms with van der Waals surface area (Å²) < 4.78 is 5.70. The molecule has 1 aromatic heterocycles. The Labute approximate surface area is 109 Å². The number of oxazole rings is 1. The molecule has 0 saturated heterocycles. The fourth-order valence-electron chi connectivity index (χ4n) is 1.88. The van der Waals surface area contributed by atoms with Crippen LogP contribution in [-0.2, 0) is 0 Å². The van der Waals surface area contributed by atoms with Gasteiger partial charge in [0.1, 0.15) is 5.52 Å². The van der Waals surface area contributed by atoms with Crippen molar-refractivity contribution in [3.05, 3.63) is 47.0 Å². The van der Waals surface area contributed by atoms with Crippen LogP contribution in [0.4, 0.5) is 5.69 Å². The van der Waals surface area contributed by atoms with Gasteiger partial charge >= 0.3 is 0 Å². The summed E-state index contributed by atoms with van der Waals surface area (Å²) >= 11 is 5.92. The second-order valence-electron chi connectivity index (χ2n) is 4.17. The van der Waals surface area contributed by atoms with Crippen LogP contribution in [-0.4, -0.2) is 4.98 Å². The Bertz CT molecular complexity index is 734. The second kappa shape index (κ2) is 4.03. The van der Waals surface area contributed by atoms with Gasteiger partial charge in [-0.3, -0.25) is 0 Å². The molecule has 90 valence electrons. The van der Waals surface area contributed by atoms with Gasteiger partial charge in [0, 0.05) is 16.8 Å². The molecule has 3 nitrogen and oxygen atoms in total. The second-order valence-corrected chi connectivity index (χ2v) is 4.60. The molecule has 0 bridgehead atoms. The van der Waals surface area contributed by atoms with E-state index in [-0.39, 0.29) is 0 Å². The molecule has 0 amide bonds. The minimum Gasteiger partial charge on any atom is -0.436 e. The molecule has 0 spiro atoms. The number of nitrogens with zero attached hydrogens (tertiary/aromatic N) is 1. The number of aromatic nitrogens is 1. The van der Waals surface area contributed by atoms with Crippen molar-refractivity contribution in [3.8, 4) is 11.5 Å². The fourth-order valence-corrected chi connectivity index (χ4v) is 2.04. The van der Waals surface area contributed by atoms with E-state index < -0.39 is 0 Å². The van der Waals surface area contributed by atoms with Crippen molar-refractivity contribution in [2.75, 3.05) is 5.73 Å². The monoisotopic (exact) mass is 258 g/mol. The number of halogens is 1. The highest BCUT2D eigenvalue weighted by molar-refractivity contribution is 6.31. The molecule has 3 rings (SSSR count). The summed E-state index contributed by atoms with van der Waals surface area (Å²) in [5.74, 6) is 0.522. The van der Waals surface area contributed by atoms with Gasteiger partial charge in [0.2, 0.25) is 5.89 Å². The number of benzene rings is 2. The normalized spacial score (nSPS) is 11.0. The van der Waals surface area contributed by atoms with Gasteiger partial charge in [-0.2, -0.15) is 0 Å². The van der Waals surface area contributed by atoms with E-state index in [0.717, 1.165) is 16.6 Å². The Kier molecular flexibility index (Phi) is 2.49. The van der Waals surface area contributed by atoms with Gasteiger partial charge in [-0.1, -0.05) is 23.7 Å². The number of anilines is 1. The summed E-state index contributed by atoms with van der Waals surface area (Å²) in [6, 6.07) is 11.2. The zero-order valence-corrected chi connectivity index (χ0v) is 10.5. The fraction of sp³-hybridized carbons (Fsp3) is 0.0714. The van der Waals surface area contributed by atoms with Crippen LogP contribution in [0, 0.1) is 6.92 Å². The van der Waals surface area contributed by atoms with Gasteiger partial charge in [0.25, 0.3) is 0 Å². The lowest BCUT2D eigenvalue weighted by Gasteiger charge is -2.03. The van der Waals surface area contributed by atoms with Crippen molar-refractivity contribution >= 4 is 28.4 Å². The first-order chi connectivity index (χ1) is 8.65. The van der Waals surface area contributed by atoms with Crippen LogP contribution >= 0.6 is 11.6 Å². The molecule has 0 radical (unpaired) electrons. The predicted molar refractivity (Wildman–Crippen MR) is 73.6 cm³/mol. The summed E-state index contributed by atoms with van der Waals surface area (Å²) in [6.45, 7) is 1.96. The van der Waals surface area contributed by atoms with Gasteiger partial charge in [0.15, 0.2) is 5.58 Å². The van der Waals surface area contributed by atoms with E-state index in [1.807, 2.05) is 31.2 Å². The quantitative estimate of drug-likeness (QED) is 0.670. The summed E-state index contributed by atoms with van der Waals surface area (Å²) in [5.41, 5.74) is 9.98. The number of rotatable bonds is 1. The lowest BCUT2D eigenvalue weighted by Crippen LogP contribution is -1.93. The van der Waals surface area contributed by atoms with Crippen LogP contribution < -0.4 is 5.73 Å². The predicted octanol–water partition coefficient (Wildman–Crippen LogP) is 4.04. The molecule has 0 atom stereocenters. The molecule has 0 aliphatic rings. The number of para-hydroxylation sites is 1. The molecule has 18 heavy (non-hydrogen) atoms. The van der Waals surface area contributed by atoms with Crippen LogP contribution in [0.15, 0.2) is 40.8 Å². The van der Waals surface area contributed by atoms with E-state index in [4.69, 9.17) is 21.8 Å². The maximum absolute atomic E-state index is 6.04. The van der Waals surface area contributed by atoms with Crippen LogP contribution in [0.5, 0.6) is 0 Å². The highest BCUT2D eigenvalue weighted by atomic mass is 35.5. The van der Waals surface area contributed by atoms with Gasteiger partial charge < -0.3 is 10.2 Å². The molecule has 1 heterocycles. The molecule has 0 aliphatic heterocycles. The van der Waals surface area contributed by atoms with E-state index in [1.54, 1.807) is 12.1 Å². The number of nitrogens with two attached hydrogens (primary N) is 1. The van der Waals surface area contributed by atoms with Crippen LogP contribution in [0.25, 0.3) is 22.6 Å². The Morgan fingerprint density at radius 1 is 1.22 bits per heavy atom. The van der Waals surface area contributed by atoms with Gasteiger partial charge in [-0.05, 0) is 30.7 Å². The van der Waals surface area contributed by atoms with Crippen LogP contribution in [0.1, 0.15) is 5.56 Å². The molecule has 0 aliphatic carbocycles. The van der Waals surface area contributed by atoms with Crippen molar-refractivity contribution in [2.45, 2.75) is 6.92 Å². The molecule has 2 aromatic carbocycles. The summed E-state index contributed by atoms with van der Waals surface area (Å²) in [4.78, 5) is 4.42. The molecule has 2 N–H and O–H groups in total. The first kappa shape index (κ1) is 11.1. The number of hydrogen-bond donors (Lipinski definition) is 1. The van der Waals surface area contributed by atoms with Gasteiger partial charge in [-0.25, -0.2) is 4.98 Å². The average molecular weight is 259 g/mol. The lowest BCUT2D eigenvalue weighted by molar-refractivity contribution is 0.620. The van der Waals surface area contributed by atoms with Crippen molar-refractivity contribution in [2.24, 2.45) is 0 Å². The zero-order chi connectivity index (χ0) is 12.7. The standard InChI is InChI=1S/C14H11ClN2O/c1-8-3-2-4-10(13(8)16)14-17-11-6-5-9(15)7-12(11)18-14/h2-7H,16H2,1H3. The minimum atomic E-state index is 0.522. The zero-order valence-electron chi connectivity index (χ0n) is 9.77. The van der Waals surface area contributed by atoms with Gasteiger partial charge in [0.05, 0.1) is 5.56 Å². The lowest BCUT2D eigenvalue weighted by atomic mass is 10.1. The maximum atomic E-state index is 6.04. The maximum Gasteiger partial charge on any atom is 0.229 e. The molecule has 0 fully saturated rings. The third-order valence-corrected chi connectivity index (χ3v) is 3.14. The van der Waals surface area contributed by atoms with Crippen molar-refractivity contribution in [1.82, 2.24) is 4.98 Å². The third kappa shape index (κ3) is 1.73. The molecular weight excluding hydrogens is 248 g/mol. The van der Waals surface area contributed by atoms with Crippen molar-refractivity contribution in [1.29, 1.82) is 0 Å². The van der Waals surface area contributed by atoms with E-state index in [9.17, 15) is 0 Å². The Morgan fingerprint density at radius 2 is 2.06 bits per heavy atom. The van der Waals surface area contributed by atoms with E-state index in [1.165, 1.54) is 0 Å². The first-order valence-corrected chi connectivity index (χ1v) is 5.94. The SMILES string of the molecule is Cc1cccc(-c2nc3ccc(Cl)cc3o2)c1N. The van der Waals surface area contributed by atoms with E-state index in [2.05, 4.69) is 4.98 Å². The van der Waals surface area contributed by atoms with Crippen LogP contribution in [0.2, 0.25) is 5.02 Å². The smallest absolute Gasteiger partial charge is 0.229 e. The number of aryl methyl sites for hydroxylation is 1. The molecular formula is C14H11ClN2O. The van der Waals surface area contributed by atoms with Gasteiger partial charge in [-0.15, -0.1) is 0 Å². The molecule has 0 unspecified atom stereocenters. The molecule has 3 aromatic rings. The highest BCUT2D eigenvalue weighted by Gasteiger charge is 2.12. The minimum absolute atomic E-state index is 0.522.